The minimum atomic E-state index is -0.827. The molecule has 3 amide bonds. The van der Waals surface area contributed by atoms with Gasteiger partial charge < -0.3 is 11.1 Å². The second kappa shape index (κ2) is 5.79. The normalized spacial score (nSPS) is 12.2. The number of carbonyl (C=O) groups excluding carboxylic acids is 2. The fourth-order valence-electron chi connectivity index (χ4n) is 1.31. The van der Waals surface area contributed by atoms with Gasteiger partial charge in [-0.2, -0.15) is 0 Å². The van der Waals surface area contributed by atoms with Crippen molar-refractivity contribution >= 4 is 23.3 Å². The Hall–Kier alpha value is -1.40. The molecule has 1 unspecified atom stereocenters. The molecular formula is C11H17N3O2S. The molecule has 6 heteroatoms. The van der Waals surface area contributed by atoms with E-state index in [9.17, 15) is 9.59 Å². The zero-order chi connectivity index (χ0) is 13.0. The molecule has 1 aromatic rings. The first-order chi connectivity index (χ1) is 7.90. The summed E-state index contributed by atoms with van der Waals surface area (Å²) >= 11 is 1.70. The number of hydrogen-bond donors (Lipinski definition) is 3. The Labute approximate surface area is 104 Å². The number of aryl methyl sites for hydroxylation is 2. The third-order valence-electron chi connectivity index (χ3n) is 2.44. The summed E-state index contributed by atoms with van der Waals surface area (Å²) < 4.78 is 0. The Kier molecular flexibility index (Phi) is 4.65. The van der Waals surface area contributed by atoms with Gasteiger partial charge in [-0.3, -0.25) is 10.1 Å². The molecule has 0 spiro atoms. The number of thiophene rings is 1. The van der Waals surface area contributed by atoms with Crippen LogP contribution in [0.1, 0.15) is 22.2 Å². The molecule has 0 aliphatic heterocycles. The van der Waals surface area contributed by atoms with Gasteiger partial charge in [0.25, 0.3) is 0 Å². The number of primary amides is 1. The number of imide groups is 1. The number of carbonyl (C=O) groups is 2. The average molecular weight is 255 g/mol. The largest absolute Gasteiger partial charge is 0.351 e. The highest BCUT2D eigenvalue weighted by Crippen LogP contribution is 2.20. The molecule has 0 aromatic carbocycles. The molecular weight excluding hydrogens is 238 g/mol. The van der Waals surface area contributed by atoms with Gasteiger partial charge in [-0.05, 0) is 32.4 Å². The minimum Gasteiger partial charge on any atom is -0.351 e. The summed E-state index contributed by atoms with van der Waals surface area (Å²) in [7, 11) is 0. The van der Waals surface area contributed by atoms with E-state index < -0.39 is 18.0 Å². The van der Waals surface area contributed by atoms with E-state index in [1.807, 2.05) is 5.32 Å². The van der Waals surface area contributed by atoms with Crippen molar-refractivity contribution in [1.82, 2.24) is 10.6 Å². The maximum atomic E-state index is 11.4. The third-order valence-corrected chi connectivity index (χ3v) is 3.59. The molecule has 4 N–H and O–H groups in total. The van der Waals surface area contributed by atoms with Gasteiger partial charge in [-0.15, -0.1) is 11.3 Å². The van der Waals surface area contributed by atoms with Gasteiger partial charge in [0.05, 0.1) is 6.04 Å². The molecule has 0 bridgehead atoms. The molecule has 94 valence electrons. The fourth-order valence-corrected chi connectivity index (χ4v) is 2.32. The number of nitrogens with two attached hydrogens (primary N) is 1. The lowest BCUT2D eigenvalue weighted by atomic mass is 10.2. The van der Waals surface area contributed by atoms with Crippen LogP contribution in [0.25, 0.3) is 0 Å². The predicted molar refractivity (Wildman–Crippen MR) is 67.8 cm³/mol. The summed E-state index contributed by atoms with van der Waals surface area (Å²) in [6.07, 6.45) is 0. The molecule has 1 heterocycles. The molecule has 0 radical (unpaired) electrons. The fraction of sp³-hybridized carbons (Fsp3) is 0.455. The zero-order valence-corrected chi connectivity index (χ0v) is 11.0. The lowest BCUT2D eigenvalue weighted by molar-refractivity contribution is -0.121. The van der Waals surface area contributed by atoms with E-state index in [2.05, 4.69) is 25.2 Å². The van der Waals surface area contributed by atoms with Gasteiger partial charge >= 0.3 is 6.03 Å². The van der Waals surface area contributed by atoms with Crippen LogP contribution in [0.5, 0.6) is 0 Å². The summed E-state index contributed by atoms with van der Waals surface area (Å²) in [6, 6.07) is 0.808. The summed E-state index contributed by atoms with van der Waals surface area (Å²) in [4.78, 5) is 24.3. The van der Waals surface area contributed by atoms with Crippen molar-refractivity contribution in [2.24, 2.45) is 5.73 Å². The number of nitrogens with one attached hydrogen (secondary N) is 2. The SMILES string of the molecule is Cc1cc(CNC(C)C(=O)NC(N)=O)sc1C. The predicted octanol–water partition coefficient (Wildman–Crippen LogP) is 1.04. The van der Waals surface area contributed by atoms with Crippen molar-refractivity contribution < 1.29 is 9.59 Å². The summed E-state index contributed by atoms with van der Waals surface area (Å²) in [5, 5.41) is 5.07. The topological polar surface area (TPSA) is 84.2 Å². The van der Waals surface area contributed by atoms with Gasteiger partial charge in [0.1, 0.15) is 0 Å². The number of amides is 3. The summed E-state index contributed by atoms with van der Waals surface area (Å²) in [5.41, 5.74) is 6.12. The zero-order valence-electron chi connectivity index (χ0n) is 10.2. The first-order valence-electron chi connectivity index (χ1n) is 5.29. The Balaban J connectivity index is 2.45. The van der Waals surface area contributed by atoms with Crippen LogP contribution in [0.4, 0.5) is 4.79 Å². The van der Waals surface area contributed by atoms with Crippen LogP contribution in [0.15, 0.2) is 6.07 Å². The van der Waals surface area contributed by atoms with Gasteiger partial charge in [0, 0.05) is 16.3 Å². The van der Waals surface area contributed by atoms with Gasteiger partial charge in [0.15, 0.2) is 0 Å². The molecule has 0 fully saturated rings. The van der Waals surface area contributed by atoms with Crippen LogP contribution in [0.2, 0.25) is 0 Å². The van der Waals surface area contributed by atoms with Crippen molar-refractivity contribution in [3.05, 3.63) is 21.4 Å². The van der Waals surface area contributed by atoms with Gasteiger partial charge in [-0.1, -0.05) is 0 Å². The molecule has 1 aromatic heterocycles. The highest BCUT2D eigenvalue weighted by atomic mass is 32.1. The van der Waals surface area contributed by atoms with Gasteiger partial charge in [-0.25, -0.2) is 4.79 Å². The van der Waals surface area contributed by atoms with E-state index >= 15 is 0 Å². The Morgan fingerprint density at radius 1 is 1.47 bits per heavy atom. The number of rotatable bonds is 4. The maximum Gasteiger partial charge on any atom is 0.318 e. The van der Waals surface area contributed by atoms with Crippen LogP contribution < -0.4 is 16.4 Å². The molecule has 5 nitrogen and oxygen atoms in total. The molecule has 0 aliphatic carbocycles. The second-order valence-corrected chi connectivity index (χ2v) is 5.25. The van der Waals surface area contributed by atoms with Crippen molar-refractivity contribution in [1.29, 1.82) is 0 Å². The van der Waals surface area contributed by atoms with Gasteiger partial charge in [0.2, 0.25) is 5.91 Å². The van der Waals surface area contributed by atoms with E-state index in [-0.39, 0.29) is 0 Å². The minimum absolute atomic E-state index is 0.414. The van der Waals surface area contributed by atoms with Crippen LogP contribution >= 0.6 is 11.3 Å². The van der Waals surface area contributed by atoms with Crippen molar-refractivity contribution in [2.45, 2.75) is 33.4 Å². The number of urea groups is 1. The molecule has 0 aliphatic rings. The molecule has 1 rings (SSSR count). The van der Waals surface area contributed by atoms with Crippen molar-refractivity contribution in [3.63, 3.8) is 0 Å². The first kappa shape index (κ1) is 13.7. The van der Waals surface area contributed by atoms with Crippen molar-refractivity contribution in [2.75, 3.05) is 0 Å². The molecule has 1 atom stereocenters. The van der Waals surface area contributed by atoms with Crippen molar-refractivity contribution in [3.8, 4) is 0 Å². The lowest BCUT2D eigenvalue weighted by Gasteiger charge is -2.11. The van der Waals surface area contributed by atoms with E-state index in [0.717, 1.165) is 0 Å². The van der Waals surface area contributed by atoms with E-state index in [1.165, 1.54) is 15.3 Å². The van der Waals surface area contributed by atoms with E-state index in [0.29, 0.717) is 6.54 Å². The lowest BCUT2D eigenvalue weighted by Crippen LogP contribution is -2.46. The van der Waals surface area contributed by atoms with E-state index in [1.54, 1.807) is 18.3 Å². The Bertz CT molecular complexity index is 409. The quantitative estimate of drug-likeness (QED) is 0.751. The van der Waals surface area contributed by atoms with E-state index in [4.69, 9.17) is 5.73 Å². The highest BCUT2D eigenvalue weighted by molar-refractivity contribution is 7.12. The summed E-state index contributed by atoms with van der Waals surface area (Å²) in [5.74, 6) is -0.414. The average Bonchev–Trinajstić information content (AvgIpc) is 2.54. The van der Waals surface area contributed by atoms with Crippen LogP contribution in [-0.4, -0.2) is 18.0 Å². The smallest absolute Gasteiger partial charge is 0.318 e. The second-order valence-electron chi connectivity index (χ2n) is 3.91. The first-order valence-corrected chi connectivity index (χ1v) is 6.11. The molecule has 0 saturated carbocycles. The Morgan fingerprint density at radius 2 is 2.12 bits per heavy atom. The molecule has 17 heavy (non-hydrogen) atoms. The maximum absolute atomic E-state index is 11.4. The third kappa shape index (κ3) is 4.16. The monoisotopic (exact) mass is 255 g/mol. The Morgan fingerprint density at radius 3 is 2.59 bits per heavy atom. The summed E-state index contributed by atoms with van der Waals surface area (Å²) in [6.45, 7) is 6.41. The van der Waals surface area contributed by atoms with Crippen LogP contribution in [0.3, 0.4) is 0 Å². The standard InChI is InChI=1S/C11H17N3O2S/c1-6-4-9(17-8(6)3)5-13-7(2)10(15)14-11(12)16/h4,7,13H,5H2,1-3H3,(H3,12,14,15,16). The van der Waals surface area contributed by atoms with Crippen LogP contribution in [0, 0.1) is 13.8 Å². The van der Waals surface area contributed by atoms with Crippen LogP contribution in [-0.2, 0) is 11.3 Å². The highest BCUT2D eigenvalue weighted by Gasteiger charge is 2.14. The number of hydrogen-bond acceptors (Lipinski definition) is 4. The molecule has 0 saturated heterocycles.